The number of nitriles is 1. The minimum atomic E-state index is -0.383. The van der Waals surface area contributed by atoms with Crippen LogP contribution in [-0.4, -0.2) is 26.7 Å². The first-order valence-electron chi connectivity index (χ1n) is 6.56. The van der Waals surface area contributed by atoms with Gasteiger partial charge in [0, 0.05) is 19.7 Å². The van der Waals surface area contributed by atoms with Crippen molar-refractivity contribution >= 4 is 22.3 Å². The maximum Gasteiger partial charge on any atom is 0.349 e. The van der Waals surface area contributed by atoms with Crippen molar-refractivity contribution in [2.24, 2.45) is 0 Å². The van der Waals surface area contributed by atoms with E-state index in [2.05, 4.69) is 6.07 Å². The molecule has 0 aliphatic rings. The molecule has 0 atom stereocenters. The number of carbonyl (C=O) groups is 1. The van der Waals surface area contributed by atoms with Crippen molar-refractivity contribution < 1.29 is 9.53 Å². The van der Waals surface area contributed by atoms with Crippen molar-refractivity contribution in [3.63, 3.8) is 0 Å². The van der Waals surface area contributed by atoms with Crippen LogP contribution >= 0.6 is 11.3 Å². The predicted molar refractivity (Wildman–Crippen MR) is 84.8 cm³/mol. The smallest absolute Gasteiger partial charge is 0.349 e. The van der Waals surface area contributed by atoms with E-state index in [-0.39, 0.29) is 5.97 Å². The van der Waals surface area contributed by atoms with E-state index in [0.717, 1.165) is 10.6 Å². The zero-order valence-corrected chi connectivity index (χ0v) is 13.0. The van der Waals surface area contributed by atoms with Gasteiger partial charge in [0.1, 0.15) is 15.9 Å². The molecule has 0 spiro atoms. The summed E-state index contributed by atoms with van der Waals surface area (Å²) in [6, 6.07) is 11.7. The van der Waals surface area contributed by atoms with Gasteiger partial charge in [0.2, 0.25) is 0 Å². The Morgan fingerprint density at radius 1 is 1.33 bits per heavy atom. The normalized spacial score (nSPS) is 10.0. The van der Waals surface area contributed by atoms with Crippen LogP contribution in [0.15, 0.2) is 30.3 Å². The molecule has 1 heterocycles. The Hall–Kier alpha value is -2.32. The molecule has 1 aromatic carbocycles. The van der Waals surface area contributed by atoms with Gasteiger partial charge in [0.15, 0.2) is 0 Å². The Kier molecular flexibility index (Phi) is 4.61. The fourth-order valence-corrected chi connectivity index (χ4v) is 3.15. The molecular formula is C16H16N2O2S. The standard InChI is InChI=1S/C16H16N2O2S/c1-4-20-16(19)14-13(11-8-6-5-7-9-11)12(10-17)15(21-14)18(2)3/h5-9H,4H2,1-3H3. The fraction of sp³-hybridized carbons (Fsp3) is 0.250. The average molecular weight is 300 g/mol. The molecule has 2 rings (SSSR count). The van der Waals surface area contributed by atoms with Crippen LogP contribution < -0.4 is 4.90 Å². The minimum Gasteiger partial charge on any atom is -0.462 e. The summed E-state index contributed by atoms with van der Waals surface area (Å²) in [4.78, 5) is 14.5. The van der Waals surface area contributed by atoms with Crippen LogP contribution in [0.4, 0.5) is 5.00 Å². The van der Waals surface area contributed by atoms with E-state index in [1.165, 1.54) is 11.3 Å². The molecule has 0 aliphatic heterocycles. The quantitative estimate of drug-likeness (QED) is 0.811. The highest BCUT2D eigenvalue weighted by molar-refractivity contribution is 7.18. The first kappa shape index (κ1) is 15.1. The highest BCUT2D eigenvalue weighted by atomic mass is 32.1. The zero-order valence-electron chi connectivity index (χ0n) is 12.2. The predicted octanol–water partition coefficient (Wildman–Crippen LogP) is 3.53. The minimum absolute atomic E-state index is 0.310. The number of nitrogens with zero attached hydrogens (tertiary/aromatic N) is 2. The number of benzene rings is 1. The first-order chi connectivity index (χ1) is 10.1. The van der Waals surface area contributed by atoms with E-state index in [1.54, 1.807) is 6.92 Å². The van der Waals surface area contributed by atoms with E-state index in [4.69, 9.17) is 4.74 Å². The molecule has 0 saturated heterocycles. The molecule has 2 aromatic rings. The molecule has 0 N–H and O–H groups in total. The molecule has 0 amide bonds. The second-order valence-corrected chi connectivity index (χ2v) is 5.58. The molecule has 1 aromatic heterocycles. The molecule has 108 valence electrons. The summed E-state index contributed by atoms with van der Waals surface area (Å²) >= 11 is 1.29. The molecule has 0 bridgehead atoms. The van der Waals surface area contributed by atoms with E-state index in [0.29, 0.717) is 22.6 Å². The highest BCUT2D eigenvalue weighted by Gasteiger charge is 2.25. The van der Waals surface area contributed by atoms with Gasteiger partial charge in [0.05, 0.1) is 12.2 Å². The number of thiophene rings is 1. The Bertz CT molecular complexity index is 684. The largest absolute Gasteiger partial charge is 0.462 e. The summed E-state index contributed by atoms with van der Waals surface area (Å²) in [5, 5.41) is 10.3. The van der Waals surface area contributed by atoms with Crippen LogP contribution in [0.2, 0.25) is 0 Å². The number of hydrogen-bond acceptors (Lipinski definition) is 5. The first-order valence-corrected chi connectivity index (χ1v) is 7.38. The molecule has 4 nitrogen and oxygen atoms in total. The average Bonchev–Trinajstić information content (AvgIpc) is 2.88. The van der Waals surface area contributed by atoms with E-state index < -0.39 is 0 Å². The molecule has 0 radical (unpaired) electrons. The van der Waals surface area contributed by atoms with Crippen LogP contribution in [0, 0.1) is 11.3 Å². The number of esters is 1. The van der Waals surface area contributed by atoms with Crippen molar-refractivity contribution in [1.82, 2.24) is 0 Å². The molecule has 0 unspecified atom stereocenters. The summed E-state index contributed by atoms with van der Waals surface area (Å²) < 4.78 is 5.13. The van der Waals surface area contributed by atoms with E-state index >= 15 is 0 Å². The lowest BCUT2D eigenvalue weighted by molar-refractivity contribution is 0.0533. The number of hydrogen-bond donors (Lipinski definition) is 0. The van der Waals surface area contributed by atoms with Crippen molar-refractivity contribution in [3.8, 4) is 17.2 Å². The monoisotopic (exact) mass is 300 g/mol. The van der Waals surface area contributed by atoms with Gasteiger partial charge < -0.3 is 9.64 Å². The van der Waals surface area contributed by atoms with Gasteiger partial charge in [-0.05, 0) is 12.5 Å². The summed E-state index contributed by atoms with van der Waals surface area (Å²) in [6.07, 6.45) is 0. The Morgan fingerprint density at radius 2 is 2.00 bits per heavy atom. The third-order valence-corrected chi connectivity index (χ3v) is 4.27. The third kappa shape index (κ3) is 2.91. The van der Waals surface area contributed by atoms with Crippen molar-refractivity contribution in [3.05, 3.63) is 40.8 Å². The highest BCUT2D eigenvalue weighted by Crippen LogP contribution is 2.41. The maximum absolute atomic E-state index is 12.2. The topological polar surface area (TPSA) is 53.3 Å². The third-order valence-electron chi connectivity index (χ3n) is 2.93. The number of rotatable bonds is 4. The lowest BCUT2D eigenvalue weighted by atomic mass is 10.0. The van der Waals surface area contributed by atoms with Crippen LogP contribution in [0.5, 0.6) is 0 Å². The van der Waals surface area contributed by atoms with Gasteiger partial charge >= 0.3 is 5.97 Å². The Balaban J connectivity index is 2.70. The van der Waals surface area contributed by atoms with Crippen molar-refractivity contribution in [2.45, 2.75) is 6.92 Å². The summed E-state index contributed by atoms with van der Waals surface area (Å²) in [5.74, 6) is -0.383. The lowest BCUT2D eigenvalue weighted by Crippen LogP contribution is -2.07. The van der Waals surface area contributed by atoms with Gasteiger partial charge in [-0.3, -0.25) is 0 Å². The molecule has 0 saturated carbocycles. The van der Waals surface area contributed by atoms with Crippen molar-refractivity contribution in [2.75, 3.05) is 25.6 Å². The number of anilines is 1. The second kappa shape index (κ2) is 6.42. The molecule has 21 heavy (non-hydrogen) atoms. The zero-order chi connectivity index (χ0) is 15.4. The maximum atomic E-state index is 12.2. The van der Waals surface area contributed by atoms with Gasteiger partial charge in [-0.25, -0.2) is 4.79 Å². The van der Waals surface area contributed by atoms with E-state index in [9.17, 15) is 10.1 Å². The van der Waals surface area contributed by atoms with Crippen LogP contribution in [0.25, 0.3) is 11.1 Å². The number of carbonyl (C=O) groups excluding carboxylic acids is 1. The SMILES string of the molecule is CCOC(=O)c1sc(N(C)C)c(C#N)c1-c1ccccc1. The van der Waals surface area contributed by atoms with Crippen LogP contribution in [0.3, 0.4) is 0 Å². The van der Waals surface area contributed by atoms with Gasteiger partial charge in [-0.2, -0.15) is 5.26 Å². The number of ether oxygens (including phenoxy) is 1. The second-order valence-electron chi connectivity index (χ2n) is 4.58. The van der Waals surface area contributed by atoms with Gasteiger partial charge in [-0.1, -0.05) is 30.3 Å². The Morgan fingerprint density at radius 3 is 2.52 bits per heavy atom. The van der Waals surface area contributed by atoms with Crippen LogP contribution in [0.1, 0.15) is 22.2 Å². The Labute approximate surface area is 128 Å². The summed E-state index contributed by atoms with van der Waals surface area (Å²) in [5.41, 5.74) is 2.02. The lowest BCUT2D eigenvalue weighted by Gasteiger charge is -2.09. The van der Waals surface area contributed by atoms with Gasteiger partial charge in [-0.15, -0.1) is 11.3 Å². The van der Waals surface area contributed by atoms with Crippen LogP contribution in [-0.2, 0) is 4.74 Å². The van der Waals surface area contributed by atoms with Gasteiger partial charge in [0.25, 0.3) is 0 Å². The fourth-order valence-electron chi connectivity index (χ4n) is 2.06. The summed E-state index contributed by atoms with van der Waals surface area (Å²) in [7, 11) is 3.72. The molecule has 0 fully saturated rings. The molecule has 0 aliphatic carbocycles. The summed E-state index contributed by atoms with van der Waals surface area (Å²) in [6.45, 7) is 2.08. The van der Waals surface area contributed by atoms with Crippen molar-refractivity contribution in [1.29, 1.82) is 5.26 Å². The molecular weight excluding hydrogens is 284 g/mol. The molecule has 5 heteroatoms. The van der Waals surface area contributed by atoms with E-state index in [1.807, 2.05) is 49.3 Å².